The first-order chi connectivity index (χ1) is 6.50. The second kappa shape index (κ2) is 4.57. The predicted molar refractivity (Wildman–Crippen MR) is 55.9 cm³/mol. The van der Waals surface area contributed by atoms with Gasteiger partial charge in [0.05, 0.1) is 5.02 Å². The van der Waals surface area contributed by atoms with Crippen LogP contribution in [0.3, 0.4) is 0 Å². The first kappa shape index (κ1) is 11.2. The molecule has 0 aliphatic carbocycles. The number of aromatic nitrogens is 1. The van der Waals surface area contributed by atoms with E-state index in [1.54, 1.807) is 0 Å². The Hall–Kier alpha value is -0.870. The molecule has 0 saturated heterocycles. The molecule has 3 N–H and O–H groups in total. The van der Waals surface area contributed by atoms with Crippen molar-refractivity contribution in [2.45, 2.75) is 25.9 Å². The second-order valence-corrected chi connectivity index (χ2v) is 3.71. The van der Waals surface area contributed by atoms with E-state index in [1.165, 1.54) is 12.3 Å². The molecule has 0 aromatic carbocycles. The quantitative estimate of drug-likeness (QED) is 0.815. The minimum atomic E-state index is -0.468. The van der Waals surface area contributed by atoms with E-state index in [1.807, 2.05) is 13.8 Å². The number of nitrogens with two attached hydrogens (primary N) is 1. The molecule has 78 valence electrons. The SMILES string of the molecule is CC(N)C(C)Nc1ncc(Cl)cc1F. The molecule has 0 spiro atoms. The van der Waals surface area contributed by atoms with Crippen molar-refractivity contribution in [2.24, 2.45) is 5.73 Å². The van der Waals surface area contributed by atoms with Crippen molar-refractivity contribution in [1.29, 1.82) is 0 Å². The number of hydrogen-bond acceptors (Lipinski definition) is 3. The molecule has 1 rings (SSSR count). The summed E-state index contributed by atoms with van der Waals surface area (Å²) in [7, 11) is 0. The Labute approximate surface area is 87.5 Å². The van der Waals surface area contributed by atoms with Gasteiger partial charge in [-0.2, -0.15) is 0 Å². The third-order valence-electron chi connectivity index (χ3n) is 1.96. The number of hydrogen-bond donors (Lipinski definition) is 2. The first-order valence-corrected chi connectivity index (χ1v) is 4.71. The molecule has 0 aliphatic rings. The van der Waals surface area contributed by atoms with Gasteiger partial charge < -0.3 is 11.1 Å². The van der Waals surface area contributed by atoms with Gasteiger partial charge in [-0.25, -0.2) is 9.37 Å². The highest BCUT2D eigenvalue weighted by Gasteiger charge is 2.11. The lowest BCUT2D eigenvalue weighted by Gasteiger charge is -2.18. The minimum Gasteiger partial charge on any atom is -0.364 e. The molecule has 1 aromatic heterocycles. The van der Waals surface area contributed by atoms with E-state index in [9.17, 15) is 4.39 Å². The van der Waals surface area contributed by atoms with Crippen LogP contribution >= 0.6 is 11.6 Å². The number of nitrogens with one attached hydrogen (secondary N) is 1. The van der Waals surface area contributed by atoms with Crippen LogP contribution in [0.1, 0.15) is 13.8 Å². The van der Waals surface area contributed by atoms with Crippen molar-refractivity contribution >= 4 is 17.4 Å². The van der Waals surface area contributed by atoms with E-state index in [0.29, 0.717) is 0 Å². The highest BCUT2D eigenvalue weighted by molar-refractivity contribution is 6.30. The fraction of sp³-hybridized carbons (Fsp3) is 0.444. The lowest BCUT2D eigenvalue weighted by molar-refractivity contribution is 0.601. The van der Waals surface area contributed by atoms with Crippen molar-refractivity contribution in [2.75, 3.05) is 5.32 Å². The highest BCUT2D eigenvalue weighted by atomic mass is 35.5. The average Bonchev–Trinajstić information content (AvgIpc) is 2.09. The van der Waals surface area contributed by atoms with E-state index < -0.39 is 5.82 Å². The summed E-state index contributed by atoms with van der Waals surface area (Å²) in [4.78, 5) is 3.83. The molecule has 2 unspecified atom stereocenters. The van der Waals surface area contributed by atoms with E-state index in [2.05, 4.69) is 10.3 Å². The van der Waals surface area contributed by atoms with Crippen LogP contribution in [0.4, 0.5) is 10.2 Å². The Balaban J connectivity index is 2.77. The fourth-order valence-corrected chi connectivity index (χ4v) is 1.01. The van der Waals surface area contributed by atoms with E-state index in [-0.39, 0.29) is 22.9 Å². The van der Waals surface area contributed by atoms with Crippen LogP contribution in [0.2, 0.25) is 5.02 Å². The lowest BCUT2D eigenvalue weighted by Crippen LogP contribution is -2.35. The molecule has 0 saturated carbocycles. The third-order valence-corrected chi connectivity index (χ3v) is 2.17. The Bertz CT molecular complexity index is 317. The molecule has 5 heteroatoms. The molecule has 3 nitrogen and oxygen atoms in total. The molecule has 0 bridgehead atoms. The summed E-state index contributed by atoms with van der Waals surface area (Å²) in [5.41, 5.74) is 5.62. The minimum absolute atomic E-state index is 0.0434. The van der Waals surface area contributed by atoms with Gasteiger partial charge in [-0.15, -0.1) is 0 Å². The Kier molecular flexibility index (Phi) is 3.66. The van der Waals surface area contributed by atoms with Gasteiger partial charge in [0.15, 0.2) is 11.6 Å². The van der Waals surface area contributed by atoms with Crippen molar-refractivity contribution in [3.63, 3.8) is 0 Å². The largest absolute Gasteiger partial charge is 0.364 e. The van der Waals surface area contributed by atoms with Gasteiger partial charge in [-0.1, -0.05) is 11.6 Å². The van der Waals surface area contributed by atoms with Gasteiger partial charge >= 0.3 is 0 Å². The molecule has 0 amide bonds. The standard InChI is InChI=1S/C9H13ClFN3/c1-5(12)6(2)14-9-8(11)3-7(10)4-13-9/h3-6H,12H2,1-2H3,(H,13,14). The van der Waals surface area contributed by atoms with Crippen molar-refractivity contribution in [1.82, 2.24) is 4.98 Å². The molecule has 0 aliphatic heterocycles. The maximum atomic E-state index is 13.2. The molecule has 0 fully saturated rings. The Morgan fingerprint density at radius 1 is 1.57 bits per heavy atom. The zero-order valence-corrected chi connectivity index (χ0v) is 8.85. The Morgan fingerprint density at radius 2 is 2.21 bits per heavy atom. The van der Waals surface area contributed by atoms with Crippen molar-refractivity contribution in [3.05, 3.63) is 23.1 Å². The number of rotatable bonds is 3. The summed E-state index contributed by atoms with van der Waals surface area (Å²) >= 11 is 5.56. The number of halogens is 2. The molecule has 0 radical (unpaired) electrons. The maximum Gasteiger partial charge on any atom is 0.166 e. The van der Waals surface area contributed by atoms with Gasteiger partial charge in [-0.05, 0) is 19.9 Å². The molecule has 2 atom stereocenters. The van der Waals surface area contributed by atoms with Crippen LogP contribution < -0.4 is 11.1 Å². The number of nitrogens with zero attached hydrogens (tertiary/aromatic N) is 1. The van der Waals surface area contributed by atoms with Crippen LogP contribution in [-0.2, 0) is 0 Å². The number of pyridine rings is 1. The molecule has 1 aromatic rings. The van der Waals surface area contributed by atoms with Crippen LogP contribution in [0.5, 0.6) is 0 Å². The second-order valence-electron chi connectivity index (χ2n) is 3.28. The topological polar surface area (TPSA) is 50.9 Å². The summed E-state index contributed by atoms with van der Waals surface area (Å²) < 4.78 is 13.2. The van der Waals surface area contributed by atoms with E-state index in [0.717, 1.165) is 0 Å². The van der Waals surface area contributed by atoms with E-state index in [4.69, 9.17) is 17.3 Å². The third kappa shape index (κ3) is 2.82. The predicted octanol–water partition coefficient (Wildman–Crippen LogP) is 2.02. The number of anilines is 1. The van der Waals surface area contributed by atoms with Gasteiger partial charge in [0.1, 0.15) is 0 Å². The maximum absolute atomic E-state index is 13.2. The first-order valence-electron chi connectivity index (χ1n) is 4.34. The molecular formula is C9H13ClFN3. The summed E-state index contributed by atoms with van der Waals surface area (Å²) in [6.45, 7) is 3.70. The zero-order chi connectivity index (χ0) is 10.7. The monoisotopic (exact) mass is 217 g/mol. The van der Waals surface area contributed by atoms with Gasteiger partial charge in [0.25, 0.3) is 0 Å². The van der Waals surface area contributed by atoms with Crippen LogP contribution in [0, 0.1) is 5.82 Å². The van der Waals surface area contributed by atoms with Gasteiger partial charge in [-0.3, -0.25) is 0 Å². The fourth-order valence-electron chi connectivity index (χ4n) is 0.868. The van der Waals surface area contributed by atoms with Gasteiger partial charge in [0, 0.05) is 18.3 Å². The van der Waals surface area contributed by atoms with Crippen molar-refractivity contribution in [3.8, 4) is 0 Å². The van der Waals surface area contributed by atoms with Crippen LogP contribution in [0.15, 0.2) is 12.3 Å². The molecule has 14 heavy (non-hydrogen) atoms. The highest BCUT2D eigenvalue weighted by Crippen LogP contribution is 2.16. The molecular weight excluding hydrogens is 205 g/mol. The Morgan fingerprint density at radius 3 is 2.71 bits per heavy atom. The van der Waals surface area contributed by atoms with E-state index >= 15 is 0 Å². The summed E-state index contributed by atoms with van der Waals surface area (Å²) in [6, 6.07) is 1.09. The average molecular weight is 218 g/mol. The van der Waals surface area contributed by atoms with Crippen LogP contribution in [-0.4, -0.2) is 17.1 Å². The van der Waals surface area contributed by atoms with Crippen LogP contribution in [0.25, 0.3) is 0 Å². The van der Waals surface area contributed by atoms with Crippen molar-refractivity contribution < 1.29 is 4.39 Å². The summed E-state index contributed by atoms with van der Waals surface area (Å²) in [5, 5.41) is 3.15. The van der Waals surface area contributed by atoms with Gasteiger partial charge in [0.2, 0.25) is 0 Å². The summed E-state index contributed by atoms with van der Waals surface area (Å²) in [6.07, 6.45) is 1.39. The smallest absolute Gasteiger partial charge is 0.166 e. The normalized spacial score (nSPS) is 14.9. The molecule has 1 heterocycles. The summed E-state index contributed by atoms with van der Waals surface area (Å²) in [5.74, 6) is -0.288. The lowest BCUT2D eigenvalue weighted by atomic mass is 10.2. The zero-order valence-electron chi connectivity index (χ0n) is 8.09.